The lowest BCUT2D eigenvalue weighted by atomic mass is 10.0. The Hall–Kier alpha value is -1.69. The van der Waals surface area contributed by atoms with Crippen LogP contribution < -0.4 is 4.65 Å². The van der Waals surface area contributed by atoms with Crippen molar-refractivity contribution < 1.29 is 4.65 Å². The van der Waals surface area contributed by atoms with Gasteiger partial charge in [0.15, 0.2) is 0 Å². The minimum Gasteiger partial charge on any atom is -0.558 e. The third-order valence-electron chi connectivity index (χ3n) is 1.28. The Morgan fingerprint density at radius 3 is 2.58 bits per heavy atom. The van der Waals surface area contributed by atoms with E-state index in [1.54, 1.807) is 30.2 Å². The zero-order chi connectivity index (χ0) is 8.81. The van der Waals surface area contributed by atoms with Crippen molar-refractivity contribution in [2.45, 2.75) is 0 Å². The number of hydrogen-bond donors (Lipinski definition) is 0. The highest BCUT2D eigenvalue weighted by Crippen LogP contribution is 2.10. The monoisotopic (exact) mass is 156 g/mol. The fraction of sp³-hybridized carbons (Fsp3) is 0. The van der Waals surface area contributed by atoms with Crippen LogP contribution in [0.2, 0.25) is 0 Å². The number of rotatable bonds is 3. The van der Waals surface area contributed by atoms with E-state index in [1.807, 2.05) is 6.07 Å². The van der Waals surface area contributed by atoms with Crippen molar-refractivity contribution >= 4 is 7.48 Å². The normalized spacial score (nSPS) is 8.25. The van der Waals surface area contributed by atoms with Crippen LogP contribution in [0.4, 0.5) is 0 Å². The summed E-state index contributed by atoms with van der Waals surface area (Å²) in [5, 5.41) is 8.49. The molecule has 0 heterocycles. The highest BCUT2D eigenvalue weighted by Gasteiger charge is 1.92. The molecule has 1 aromatic rings. The first-order chi connectivity index (χ1) is 5.86. The maximum absolute atomic E-state index is 8.49. The number of nitriles is 1. The van der Waals surface area contributed by atoms with E-state index in [9.17, 15) is 0 Å². The van der Waals surface area contributed by atoms with Crippen LogP contribution in [-0.4, -0.2) is 7.48 Å². The van der Waals surface area contributed by atoms with Gasteiger partial charge in [0.25, 0.3) is 0 Å². The third-order valence-corrected chi connectivity index (χ3v) is 1.28. The molecule has 0 fully saturated rings. The molecule has 57 valence electrons. The Kier molecular flexibility index (Phi) is 2.98. The topological polar surface area (TPSA) is 33.0 Å². The molecule has 0 aliphatic carbocycles. The molecule has 2 nitrogen and oxygen atoms in total. The molecule has 12 heavy (non-hydrogen) atoms. The standard InChI is InChI=1S/C9H7BNO/c1-2-10-12-9-5-3-8(7-11)4-6-9/h2-6H,1H2. The molecule has 0 aliphatic heterocycles. The second kappa shape index (κ2) is 4.25. The predicted molar refractivity (Wildman–Crippen MR) is 47.7 cm³/mol. The van der Waals surface area contributed by atoms with Crippen LogP contribution in [0.5, 0.6) is 5.75 Å². The average Bonchev–Trinajstić information content (AvgIpc) is 2.15. The number of hydrogen-bond acceptors (Lipinski definition) is 2. The fourth-order valence-corrected chi connectivity index (χ4v) is 0.735. The average molecular weight is 156 g/mol. The first-order valence-electron chi connectivity index (χ1n) is 3.48. The van der Waals surface area contributed by atoms with E-state index in [-0.39, 0.29) is 0 Å². The van der Waals surface area contributed by atoms with E-state index >= 15 is 0 Å². The van der Waals surface area contributed by atoms with Crippen LogP contribution in [0.25, 0.3) is 0 Å². The molecule has 0 aliphatic rings. The van der Waals surface area contributed by atoms with Crippen molar-refractivity contribution in [1.82, 2.24) is 0 Å². The van der Waals surface area contributed by atoms with Crippen molar-refractivity contribution in [3.8, 4) is 11.8 Å². The molecule has 0 atom stereocenters. The number of nitrogens with zero attached hydrogens (tertiary/aromatic N) is 1. The van der Waals surface area contributed by atoms with Gasteiger partial charge in [0, 0.05) is 0 Å². The Labute approximate surface area is 72.4 Å². The molecule has 0 N–H and O–H groups in total. The molecule has 0 aromatic heterocycles. The molecule has 1 rings (SSSR count). The first-order valence-corrected chi connectivity index (χ1v) is 3.48. The van der Waals surface area contributed by atoms with Crippen LogP contribution in [0.1, 0.15) is 5.56 Å². The van der Waals surface area contributed by atoms with Gasteiger partial charge in [-0.05, 0) is 24.3 Å². The predicted octanol–water partition coefficient (Wildman–Crippen LogP) is 1.70. The van der Waals surface area contributed by atoms with E-state index in [0.29, 0.717) is 11.3 Å². The quantitative estimate of drug-likeness (QED) is 0.623. The first kappa shape index (κ1) is 8.41. The van der Waals surface area contributed by atoms with Crippen molar-refractivity contribution in [2.75, 3.05) is 0 Å². The van der Waals surface area contributed by atoms with E-state index < -0.39 is 0 Å². The van der Waals surface area contributed by atoms with Crippen molar-refractivity contribution in [3.05, 3.63) is 42.4 Å². The molecule has 1 radical (unpaired) electrons. The largest absolute Gasteiger partial charge is 0.558 e. The van der Waals surface area contributed by atoms with Crippen molar-refractivity contribution in [2.24, 2.45) is 0 Å². The molecule has 0 unspecified atom stereocenters. The molecule has 3 heteroatoms. The van der Waals surface area contributed by atoms with Crippen LogP contribution >= 0.6 is 0 Å². The van der Waals surface area contributed by atoms with E-state index in [1.165, 1.54) is 7.48 Å². The van der Waals surface area contributed by atoms with Crippen molar-refractivity contribution in [1.29, 1.82) is 5.26 Å². The molecule has 0 bridgehead atoms. The number of benzene rings is 1. The fourth-order valence-electron chi connectivity index (χ4n) is 0.735. The Morgan fingerprint density at radius 1 is 1.42 bits per heavy atom. The SMILES string of the molecule is C=C[B]Oc1ccc(C#N)cc1. The summed E-state index contributed by atoms with van der Waals surface area (Å²) in [5.41, 5.74) is 0.626. The van der Waals surface area contributed by atoms with Gasteiger partial charge in [-0.3, -0.25) is 0 Å². The van der Waals surface area contributed by atoms with Gasteiger partial charge >= 0.3 is 7.48 Å². The lowest BCUT2D eigenvalue weighted by Gasteiger charge is -2.00. The van der Waals surface area contributed by atoms with Crippen LogP contribution in [0.3, 0.4) is 0 Å². The summed E-state index contributed by atoms with van der Waals surface area (Å²) in [4.78, 5) is 0. The summed E-state index contributed by atoms with van der Waals surface area (Å²) >= 11 is 0. The third kappa shape index (κ3) is 2.17. The summed E-state index contributed by atoms with van der Waals surface area (Å²) in [5.74, 6) is 2.26. The van der Waals surface area contributed by atoms with Crippen LogP contribution in [0, 0.1) is 11.3 Å². The Bertz CT molecular complexity index is 299. The molecule has 0 saturated carbocycles. The smallest absolute Gasteiger partial charge is 0.400 e. The van der Waals surface area contributed by atoms with Gasteiger partial charge < -0.3 is 4.65 Å². The van der Waals surface area contributed by atoms with E-state index in [4.69, 9.17) is 9.92 Å². The van der Waals surface area contributed by atoms with Gasteiger partial charge in [0.05, 0.1) is 17.4 Å². The summed E-state index contributed by atoms with van der Waals surface area (Å²) in [6, 6.07) is 8.90. The summed E-state index contributed by atoms with van der Waals surface area (Å²) < 4.78 is 5.10. The molecule has 1 aromatic carbocycles. The lowest BCUT2D eigenvalue weighted by Crippen LogP contribution is -1.96. The van der Waals surface area contributed by atoms with Gasteiger partial charge in [-0.1, -0.05) is 5.98 Å². The Balaban J connectivity index is 2.66. The molecular weight excluding hydrogens is 149 g/mol. The maximum Gasteiger partial charge on any atom is 0.400 e. The summed E-state index contributed by atoms with van der Waals surface area (Å²) in [7, 11) is 1.49. The summed E-state index contributed by atoms with van der Waals surface area (Å²) in [6.07, 6.45) is 0. The highest BCUT2D eigenvalue weighted by molar-refractivity contribution is 6.35. The van der Waals surface area contributed by atoms with Gasteiger partial charge in [-0.15, -0.1) is 6.58 Å². The maximum atomic E-state index is 8.49. The highest BCUT2D eigenvalue weighted by atomic mass is 16.4. The van der Waals surface area contributed by atoms with E-state index in [2.05, 4.69) is 6.58 Å². The van der Waals surface area contributed by atoms with E-state index in [0.717, 1.165) is 0 Å². The Morgan fingerprint density at radius 2 is 2.08 bits per heavy atom. The molecule has 0 spiro atoms. The van der Waals surface area contributed by atoms with Crippen LogP contribution in [-0.2, 0) is 0 Å². The minimum absolute atomic E-state index is 0.626. The van der Waals surface area contributed by atoms with Gasteiger partial charge in [0.1, 0.15) is 0 Å². The second-order valence-electron chi connectivity index (χ2n) is 2.13. The minimum atomic E-state index is 0.626. The van der Waals surface area contributed by atoms with Gasteiger partial charge in [-0.2, -0.15) is 5.26 Å². The molecular formula is C9H7BNO. The zero-order valence-electron chi connectivity index (χ0n) is 6.53. The van der Waals surface area contributed by atoms with Gasteiger partial charge in [-0.25, -0.2) is 0 Å². The molecule has 0 saturated heterocycles. The van der Waals surface area contributed by atoms with Crippen molar-refractivity contribution in [3.63, 3.8) is 0 Å². The van der Waals surface area contributed by atoms with Crippen LogP contribution in [0.15, 0.2) is 36.8 Å². The zero-order valence-corrected chi connectivity index (χ0v) is 6.53. The molecule has 0 amide bonds. The van der Waals surface area contributed by atoms with Gasteiger partial charge in [0.2, 0.25) is 0 Å². The summed E-state index contributed by atoms with van der Waals surface area (Å²) in [6.45, 7) is 3.48. The second-order valence-corrected chi connectivity index (χ2v) is 2.13. The lowest BCUT2D eigenvalue weighted by molar-refractivity contribution is 0.604.